The van der Waals surface area contributed by atoms with Crippen LogP contribution >= 0.6 is 23.1 Å². The van der Waals surface area contributed by atoms with Crippen LogP contribution in [0.15, 0.2) is 40.1 Å². The van der Waals surface area contributed by atoms with E-state index in [9.17, 15) is 13.2 Å². The van der Waals surface area contributed by atoms with Crippen LogP contribution in [-0.2, 0) is 20.5 Å². The molecule has 0 atom stereocenters. The Morgan fingerprint density at radius 1 is 1.30 bits per heavy atom. The van der Waals surface area contributed by atoms with E-state index in [2.05, 4.69) is 10.3 Å². The molecule has 0 bridgehead atoms. The molecule has 2 aromatic rings. The summed E-state index contributed by atoms with van der Waals surface area (Å²) in [5.41, 5.74) is 3.29. The molecule has 0 aliphatic carbocycles. The molecule has 1 saturated heterocycles. The molecule has 0 spiro atoms. The van der Waals surface area contributed by atoms with Gasteiger partial charge in [0.1, 0.15) is 0 Å². The minimum Gasteiger partial charge on any atom is -0.379 e. The zero-order valence-electron chi connectivity index (χ0n) is 14.7. The Morgan fingerprint density at radius 3 is 2.81 bits per heavy atom. The molecule has 1 amide bonds. The first-order valence-corrected chi connectivity index (χ1v) is 12.0. The summed E-state index contributed by atoms with van der Waals surface area (Å²) in [6, 6.07) is 7.31. The van der Waals surface area contributed by atoms with Gasteiger partial charge in [-0.1, -0.05) is 12.1 Å². The van der Waals surface area contributed by atoms with Gasteiger partial charge in [-0.25, -0.2) is 13.4 Å². The summed E-state index contributed by atoms with van der Waals surface area (Å²) in [5, 5.41) is 4.70. The van der Waals surface area contributed by atoms with E-state index in [1.54, 1.807) is 17.6 Å². The SMILES string of the molecule is O=C(NCCS(=O)(=O)N1CCOCC1)c1ccccc1SCc1cscn1. The first-order chi connectivity index (χ1) is 13.1. The van der Waals surface area contributed by atoms with Crippen molar-refractivity contribution >= 4 is 39.0 Å². The smallest absolute Gasteiger partial charge is 0.252 e. The molecule has 2 heterocycles. The lowest BCUT2D eigenvalue weighted by atomic mass is 10.2. The highest BCUT2D eigenvalue weighted by atomic mass is 32.2. The fraction of sp³-hybridized carbons (Fsp3) is 0.412. The number of sulfonamides is 1. The molecule has 7 nitrogen and oxygen atoms in total. The minimum absolute atomic E-state index is 0.0730. The lowest BCUT2D eigenvalue weighted by Crippen LogP contribution is -2.43. The van der Waals surface area contributed by atoms with Gasteiger partial charge in [0.05, 0.1) is 35.7 Å². The predicted molar refractivity (Wildman–Crippen MR) is 107 cm³/mol. The normalized spacial score (nSPS) is 15.6. The van der Waals surface area contributed by atoms with E-state index in [1.807, 2.05) is 17.5 Å². The average molecular weight is 428 g/mol. The van der Waals surface area contributed by atoms with Gasteiger partial charge in [-0.15, -0.1) is 23.1 Å². The van der Waals surface area contributed by atoms with Gasteiger partial charge in [0.25, 0.3) is 5.91 Å². The third-order valence-electron chi connectivity index (χ3n) is 4.00. The molecule has 1 aliphatic rings. The molecule has 1 aromatic carbocycles. The van der Waals surface area contributed by atoms with Gasteiger partial charge < -0.3 is 10.1 Å². The first kappa shape index (κ1) is 20.3. The van der Waals surface area contributed by atoms with E-state index < -0.39 is 10.0 Å². The van der Waals surface area contributed by atoms with Crippen molar-refractivity contribution in [2.75, 3.05) is 38.6 Å². The summed E-state index contributed by atoms with van der Waals surface area (Å²) >= 11 is 3.08. The number of hydrogen-bond acceptors (Lipinski definition) is 7. The Kier molecular flexibility index (Phi) is 7.25. The highest BCUT2D eigenvalue weighted by Gasteiger charge is 2.24. The van der Waals surface area contributed by atoms with E-state index in [0.717, 1.165) is 10.6 Å². The summed E-state index contributed by atoms with van der Waals surface area (Å²) in [4.78, 5) is 17.6. The molecular formula is C17H21N3O4S3. The van der Waals surface area contributed by atoms with Crippen LogP contribution in [0.3, 0.4) is 0 Å². The van der Waals surface area contributed by atoms with Crippen LogP contribution in [0.2, 0.25) is 0 Å². The number of rotatable bonds is 8. The third kappa shape index (κ3) is 5.76. The number of thiazole rings is 1. The molecule has 3 rings (SSSR count). The summed E-state index contributed by atoms with van der Waals surface area (Å²) in [7, 11) is -3.38. The quantitative estimate of drug-likeness (QED) is 0.647. The first-order valence-electron chi connectivity index (χ1n) is 8.49. The van der Waals surface area contributed by atoms with Crippen molar-refractivity contribution in [3.8, 4) is 0 Å². The number of amides is 1. The Labute approximate surface area is 167 Å². The summed E-state index contributed by atoms with van der Waals surface area (Å²) in [6.07, 6.45) is 0. The number of carbonyl (C=O) groups is 1. The fourth-order valence-corrected chi connectivity index (χ4v) is 5.52. The Bertz CT molecular complexity index is 850. The minimum atomic E-state index is -3.38. The predicted octanol–water partition coefficient (Wildman–Crippen LogP) is 1.83. The number of hydrogen-bond donors (Lipinski definition) is 1. The van der Waals surface area contributed by atoms with E-state index in [-0.39, 0.29) is 18.2 Å². The van der Waals surface area contributed by atoms with Gasteiger partial charge in [-0.3, -0.25) is 4.79 Å². The second-order valence-corrected chi connectivity index (χ2v) is 9.67. The third-order valence-corrected chi connectivity index (χ3v) is 7.61. The maximum Gasteiger partial charge on any atom is 0.252 e. The zero-order valence-corrected chi connectivity index (χ0v) is 17.1. The van der Waals surface area contributed by atoms with Crippen molar-refractivity contribution in [3.05, 3.63) is 46.4 Å². The molecular weight excluding hydrogens is 406 g/mol. The molecule has 0 unspecified atom stereocenters. The lowest BCUT2D eigenvalue weighted by Gasteiger charge is -2.26. The monoisotopic (exact) mass is 427 g/mol. The van der Waals surface area contributed by atoms with Crippen molar-refractivity contribution in [2.45, 2.75) is 10.6 Å². The van der Waals surface area contributed by atoms with Crippen LogP contribution in [0.5, 0.6) is 0 Å². The Balaban J connectivity index is 1.54. The number of nitrogens with one attached hydrogen (secondary N) is 1. The Hall–Kier alpha value is -1.46. The topological polar surface area (TPSA) is 88.6 Å². The second kappa shape index (κ2) is 9.65. The molecule has 1 aliphatic heterocycles. The summed E-state index contributed by atoms with van der Waals surface area (Å²) in [5.74, 6) is 0.292. The average Bonchev–Trinajstić information content (AvgIpc) is 3.21. The van der Waals surface area contributed by atoms with Crippen LogP contribution in [0.4, 0.5) is 0 Å². The van der Waals surface area contributed by atoms with Crippen LogP contribution < -0.4 is 5.32 Å². The second-order valence-electron chi connectivity index (χ2n) is 5.85. The summed E-state index contributed by atoms with van der Waals surface area (Å²) in [6.45, 7) is 1.63. The molecule has 1 aromatic heterocycles. The van der Waals surface area contributed by atoms with Gasteiger partial charge in [0, 0.05) is 35.7 Å². The molecule has 146 valence electrons. The van der Waals surface area contributed by atoms with E-state index in [4.69, 9.17) is 4.74 Å². The highest BCUT2D eigenvalue weighted by Crippen LogP contribution is 2.26. The van der Waals surface area contributed by atoms with Crippen molar-refractivity contribution in [1.29, 1.82) is 0 Å². The molecule has 10 heteroatoms. The van der Waals surface area contributed by atoms with Crippen LogP contribution in [0, 0.1) is 0 Å². The molecule has 0 saturated carbocycles. The van der Waals surface area contributed by atoms with Gasteiger partial charge in [-0.05, 0) is 12.1 Å². The van der Waals surface area contributed by atoms with Crippen LogP contribution in [0.1, 0.15) is 16.1 Å². The van der Waals surface area contributed by atoms with Crippen LogP contribution in [0.25, 0.3) is 0 Å². The van der Waals surface area contributed by atoms with Crippen molar-refractivity contribution in [2.24, 2.45) is 0 Å². The highest BCUT2D eigenvalue weighted by molar-refractivity contribution is 7.98. The molecule has 0 radical (unpaired) electrons. The molecule has 1 N–H and O–H groups in total. The van der Waals surface area contributed by atoms with Gasteiger partial charge in [0.15, 0.2) is 0 Å². The lowest BCUT2D eigenvalue weighted by molar-refractivity contribution is 0.0730. The maximum atomic E-state index is 12.5. The molecule has 1 fully saturated rings. The van der Waals surface area contributed by atoms with E-state index in [0.29, 0.717) is 37.6 Å². The van der Waals surface area contributed by atoms with Gasteiger partial charge in [0.2, 0.25) is 10.0 Å². The number of morpholine rings is 1. The van der Waals surface area contributed by atoms with E-state index in [1.165, 1.54) is 27.4 Å². The number of carbonyl (C=O) groups excluding carboxylic acids is 1. The number of thioether (sulfide) groups is 1. The zero-order chi connectivity index (χ0) is 19.1. The fourth-order valence-electron chi connectivity index (χ4n) is 2.58. The van der Waals surface area contributed by atoms with Crippen molar-refractivity contribution < 1.29 is 17.9 Å². The number of ether oxygens (including phenoxy) is 1. The van der Waals surface area contributed by atoms with Gasteiger partial charge >= 0.3 is 0 Å². The van der Waals surface area contributed by atoms with E-state index >= 15 is 0 Å². The number of nitrogens with zero attached hydrogens (tertiary/aromatic N) is 2. The number of benzene rings is 1. The van der Waals surface area contributed by atoms with Gasteiger partial charge in [-0.2, -0.15) is 4.31 Å². The van der Waals surface area contributed by atoms with Crippen molar-refractivity contribution in [3.63, 3.8) is 0 Å². The molecule has 27 heavy (non-hydrogen) atoms. The standard InChI is InChI=1S/C17H21N3O4S3/c21-17(18-5-10-27(22,23)20-6-8-24-9-7-20)15-3-1-2-4-16(15)26-12-14-11-25-13-19-14/h1-4,11,13H,5-10,12H2,(H,18,21). The number of aromatic nitrogens is 1. The Morgan fingerprint density at radius 2 is 2.07 bits per heavy atom. The summed E-state index contributed by atoms with van der Waals surface area (Å²) < 4.78 is 31.2. The largest absolute Gasteiger partial charge is 0.379 e. The van der Waals surface area contributed by atoms with Crippen LogP contribution in [-0.4, -0.2) is 62.2 Å². The van der Waals surface area contributed by atoms with Crippen molar-refractivity contribution in [1.82, 2.24) is 14.6 Å². The maximum absolute atomic E-state index is 12.5.